The van der Waals surface area contributed by atoms with Gasteiger partial charge in [0.25, 0.3) is 5.91 Å². The number of amides is 2. The minimum absolute atomic E-state index is 0.136. The number of ether oxygens (including phenoxy) is 2. The van der Waals surface area contributed by atoms with Gasteiger partial charge >= 0.3 is 0 Å². The molecule has 0 saturated carbocycles. The highest BCUT2D eigenvalue weighted by Gasteiger charge is 2.17. The lowest BCUT2D eigenvalue weighted by molar-refractivity contribution is -0.118. The second-order valence-corrected chi connectivity index (χ2v) is 8.61. The summed E-state index contributed by atoms with van der Waals surface area (Å²) < 4.78 is 16.5. The minimum Gasteiger partial charge on any atom is -0.466 e. The van der Waals surface area contributed by atoms with Gasteiger partial charge in [-0.2, -0.15) is 0 Å². The largest absolute Gasteiger partial charge is 0.466 e. The molecule has 11 heteroatoms. The maximum atomic E-state index is 12.3. The molecule has 0 bridgehead atoms. The Morgan fingerprint density at radius 3 is 2.80 bits per heavy atom. The average Bonchev–Trinajstić information content (AvgIpc) is 3.44. The smallest absolute Gasteiger partial charge is 0.261 e. The molecular weight excluding hydrogens is 428 g/mol. The number of benzene rings is 1. The van der Waals surface area contributed by atoms with Crippen molar-refractivity contribution in [2.75, 3.05) is 17.9 Å². The number of hydrogen-bond donors (Lipinski definition) is 2. The van der Waals surface area contributed by atoms with E-state index in [1.165, 1.54) is 23.1 Å². The molecule has 156 valence electrons. The number of nitrogens with one attached hydrogen (secondary N) is 2. The number of aryl methyl sites for hydroxylation is 2. The van der Waals surface area contributed by atoms with E-state index < -0.39 is 0 Å². The van der Waals surface area contributed by atoms with Crippen molar-refractivity contribution in [1.29, 1.82) is 0 Å². The van der Waals surface area contributed by atoms with Crippen molar-refractivity contribution in [3.8, 4) is 11.5 Å². The first-order valence-corrected chi connectivity index (χ1v) is 10.8. The molecule has 0 radical (unpaired) electrons. The zero-order valence-electron chi connectivity index (χ0n) is 16.2. The van der Waals surface area contributed by atoms with Crippen molar-refractivity contribution < 1.29 is 23.5 Å². The number of nitrogens with zero attached hydrogens (tertiary/aromatic N) is 2. The number of rotatable bonds is 7. The predicted molar refractivity (Wildman–Crippen MR) is 111 cm³/mol. The summed E-state index contributed by atoms with van der Waals surface area (Å²) in [5, 5.41) is 13.9. The van der Waals surface area contributed by atoms with Crippen LogP contribution >= 0.6 is 23.1 Å². The van der Waals surface area contributed by atoms with Gasteiger partial charge in [0.15, 0.2) is 15.8 Å². The number of hydrogen-bond acceptors (Lipinski definition) is 9. The van der Waals surface area contributed by atoms with Crippen molar-refractivity contribution in [3.63, 3.8) is 0 Å². The maximum Gasteiger partial charge on any atom is 0.261 e. The number of aromatic nitrogens is 2. The van der Waals surface area contributed by atoms with Gasteiger partial charge in [-0.25, -0.2) is 0 Å². The van der Waals surface area contributed by atoms with E-state index in [1.54, 1.807) is 19.9 Å². The molecule has 0 fully saturated rings. The van der Waals surface area contributed by atoms with Gasteiger partial charge in [0.05, 0.1) is 11.3 Å². The van der Waals surface area contributed by atoms with E-state index in [1.807, 2.05) is 18.2 Å². The third-order valence-electron chi connectivity index (χ3n) is 4.17. The maximum absolute atomic E-state index is 12.3. The molecule has 0 saturated heterocycles. The van der Waals surface area contributed by atoms with E-state index in [4.69, 9.17) is 13.9 Å². The van der Waals surface area contributed by atoms with E-state index in [0.29, 0.717) is 44.6 Å². The quantitative estimate of drug-likeness (QED) is 0.420. The fourth-order valence-corrected chi connectivity index (χ4v) is 4.35. The average molecular weight is 447 g/mol. The van der Waals surface area contributed by atoms with E-state index in [2.05, 4.69) is 20.8 Å². The van der Waals surface area contributed by atoms with Crippen LogP contribution in [0.15, 0.2) is 33.0 Å². The summed E-state index contributed by atoms with van der Waals surface area (Å²) >= 11 is 2.46. The highest BCUT2D eigenvalue weighted by atomic mass is 32.2. The van der Waals surface area contributed by atoms with E-state index in [-0.39, 0.29) is 24.4 Å². The van der Waals surface area contributed by atoms with Crippen LogP contribution in [0.2, 0.25) is 0 Å². The fourth-order valence-electron chi connectivity index (χ4n) is 2.77. The summed E-state index contributed by atoms with van der Waals surface area (Å²) in [4.78, 5) is 24.4. The Morgan fingerprint density at radius 1 is 1.17 bits per heavy atom. The highest BCUT2D eigenvalue weighted by molar-refractivity contribution is 8.01. The zero-order chi connectivity index (χ0) is 21.1. The van der Waals surface area contributed by atoms with Gasteiger partial charge in [0, 0.05) is 6.54 Å². The van der Waals surface area contributed by atoms with Crippen LogP contribution in [-0.2, 0) is 11.3 Å². The van der Waals surface area contributed by atoms with Crippen molar-refractivity contribution in [2.24, 2.45) is 0 Å². The van der Waals surface area contributed by atoms with E-state index >= 15 is 0 Å². The Bertz CT molecular complexity index is 1090. The minimum atomic E-state index is -0.307. The number of thioether (sulfide) groups is 1. The van der Waals surface area contributed by atoms with Crippen molar-refractivity contribution in [2.45, 2.75) is 24.7 Å². The molecule has 3 heterocycles. The Labute approximate surface area is 180 Å². The van der Waals surface area contributed by atoms with Gasteiger partial charge in [0.2, 0.25) is 17.8 Å². The summed E-state index contributed by atoms with van der Waals surface area (Å²) in [7, 11) is 0. The predicted octanol–water partition coefficient (Wildman–Crippen LogP) is 3.14. The van der Waals surface area contributed by atoms with Gasteiger partial charge in [-0.15, -0.1) is 10.2 Å². The molecule has 30 heavy (non-hydrogen) atoms. The standard InChI is InChI=1S/C19H18N4O5S2/c1-10-5-13(11(2)28-10)17(25)21-18-22-23-19(30-18)29-8-16(24)20-7-12-3-4-14-15(6-12)27-9-26-14/h3-6H,7-9H2,1-2H3,(H,20,24)(H,21,22,25). The molecule has 2 aromatic heterocycles. The van der Waals surface area contributed by atoms with Crippen LogP contribution in [0.5, 0.6) is 11.5 Å². The Kier molecular flexibility index (Phi) is 5.91. The lowest BCUT2D eigenvalue weighted by Gasteiger charge is -2.05. The van der Waals surface area contributed by atoms with Gasteiger partial charge in [-0.05, 0) is 37.6 Å². The van der Waals surface area contributed by atoms with Crippen LogP contribution in [-0.4, -0.2) is 34.6 Å². The summed E-state index contributed by atoms with van der Waals surface area (Å²) in [6.45, 7) is 4.11. The van der Waals surface area contributed by atoms with Gasteiger partial charge in [-0.1, -0.05) is 29.2 Å². The SMILES string of the molecule is Cc1cc(C(=O)Nc2nnc(SCC(=O)NCc3ccc4c(c3)OCO4)s2)c(C)o1. The third-order valence-corrected chi connectivity index (χ3v) is 6.14. The number of carbonyl (C=O) groups is 2. The van der Waals surface area contributed by atoms with Crippen LogP contribution in [0.4, 0.5) is 5.13 Å². The second kappa shape index (κ2) is 8.76. The summed E-state index contributed by atoms with van der Waals surface area (Å²) in [6.07, 6.45) is 0. The summed E-state index contributed by atoms with van der Waals surface area (Å²) in [5.41, 5.74) is 1.38. The molecule has 9 nitrogen and oxygen atoms in total. The second-order valence-electron chi connectivity index (χ2n) is 6.41. The molecular formula is C19H18N4O5S2. The van der Waals surface area contributed by atoms with Gasteiger partial charge in [0.1, 0.15) is 11.5 Å². The number of fused-ring (bicyclic) bond motifs is 1. The normalized spacial score (nSPS) is 12.1. The molecule has 0 spiro atoms. The number of carbonyl (C=O) groups excluding carboxylic acids is 2. The summed E-state index contributed by atoms with van der Waals surface area (Å²) in [6, 6.07) is 7.22. The lowest BCUT2D eigenvalue weighted by Crippen LogP contribution is -2.24. The molecule has 1 aliphatic heterocycles. The molecule has 2 N–H and O–H groups in total. The zero-order valence-corrected chi connectivity index (χ0v) is 17.8. The molecule has 1 aliphatic rings. The highest BCUT2D eigenvalue weighted by Crippen LogP contribution is 2.32. The summed E-state index contributed by atoms with van der Waals surface area (Å²) in [5.74, 6) is 2.34. The molecule has 0 unspecified atom stereocenters. The Hall–Kier alpha value is -3.05. The van der Waals surface area contributed by atoms with Crippen LogP contribution < -0.4 is 20.1 Å². The van der Waals surface area contributed by atoms with Crippen molar-refractivity contribution >= 4 is 40.0 Å². The lowest BCUT2D eigenvalue weighted by atomic mass is 10.2. The van der Waals surface area contributed by atoms with E-state index in [0.717, 1.165) is 5.56 Å². The first-order valence-electron chi connectivity index (χ1n) is 8.98. The topological polar surface area (TPSA) is 116 Å². The number of anilines is 1. The first kappa shape index (κ1) is 20.2. The Balaban J connectivity index is 1.24. The molecule has 1 aromatic carbocycles. The molecule has 2 amide bonds. The fraction of sp³-hybridized carbons (Fsp3) is 0.263. The van der Waals surface area contributed by atoms with Crippen molar-refractivity contribution in [1.82, 2.24) is 15.5 Å². The van der Waals surface area contributed by atoms with Crippen LogP contribution in [0.1, 0.15) is 27.4 Å². The van der Waals surface area contributed by atoms with E-state index in [9.17, 15) is 9.59 Å². The van der Waals surface area contributed by atoms with Crippen LogP contribution in [0.25, 0.3) is 0 Å². The van der Waals surface area contributed by atoms with Crippen LogP contribution in [0, 0.1) is 13.8 Å². The molecule has 3 aromatic rings. The molecule has 0 atom stereocenters. The Morgan fingerprint density at radius 2 is 2.00 bits per heavy atom. The molecule has 0 aliphatic carbocycles. The van der Waals surface area contributed by atoms with Gasteiger partial charge < -0.3 is 19.2 Å². The van der Waals surface area contributed by atoms with Crippen LogP contribution in [0.3, 0.4) is 0 Å². The number of furan rings is 1. The molecule has 4 rings (SSSR count). The van der Waals surface area contributed by atoms with Crippen molar-refractivity contribution in [3.05, 3.63) is 46.9 Å². The third kappa shape index (κ3) is 4.74. The van der Waals surface area contributed by atoms with Gasteiger partial charge in [-0.3, -0.25) is 14.9 Å². The monoisotopic (exact) mass is 446 g/mol. The first-order chi connectivity index (χ1) is 14.5.